The number of aromatic nitrogens is 3. The molecule has 1 aromatic carbocycles. The number of nitrogens with zero attached hydrogens (tertiary/aromatic N) is 2. The van der Waals surface area contributed by atoms with E-state index in [1.54, 1.807) is 6.20 Å². The Labute approximate surface area is 139 Å². The molecule has 6 heteroatoms. The zero-order valence-electron chi connectivity index (χ0n) is 12.6. The average molecular weight is 326 g/mol. The van der Waals surface area contributed by atoms with Crippen LogP contribution in [0.1, 0.15) is 31.7 Å². The molecule has 0 radical (unpaired) electrons. The van der Waals surface area contributed by atoms with Crippen LogP contribution in [0.4, 0.5) is 11.5 Å². The number of rotatable bonds is 3. The Bertz CT molecular complexity index is 908. The van der Waals surface area contributed by atoms with Crippen LogP contribution < -0.4 is 10.9 Å². The fourth-order valence-electron chi connectivity index (χ4n) is 3.33. The lowest BCUT2D eigenvalue weighted by atomic mass is 10.2. The molecule has 1 aliphatic carbocycles. The highest BCUT2D eigenvalue weighted by Gasteiger charge is 2.22. The second-order valence-corrected chi connectivity index (χ2v) is 6.49. The third kappa shape index (κ3) is 2.63. The number of fused-ring (bicyclic) bond motifs is 1. The molecule has 2 heterocycles. The van der Waals surface area contributed by atoms with E-state index in [-0.39, 0.29) is 5.56 Å². The monoisotopic (exact) mass is 326 g/mol. The molecule has 2 N–H and O–H groups in total. The van der Waals surface area contributed by atoms with Gasteiger partial charge in [0.1, 0.15) is 5.39 Å². The first-order chi connectivity index (χ1) is 11.2. The van der Waals surface area contributed by atoms with Crippen LogP contribution in [-0.2, 0) is 0 Å². The van der Waals surface area contributed by atoms with Gasteiger partial charge in [0.15, 0.2) is 5.82 Å². The van der Waals surface area contributed by atoms with Gasteiger partial charge in [-0.15, -0.1) is 12.6 Å². The molecule has 1 saturated carbocycles. The van der Waals surface area contributed by atoms with Crippen molar-refractivity contribution in [3.8, 4) is 0 Å². The van der Waals surface area contributed by atoms with E-state index < -0.39 is 0 Å². The molecule has 0 atom stereocenters. The van der Waals surface area contributed by atoms with Gasteiger partial charge in [0.2, 0.25) is 0 Å². The number of nitrogens with one attached hydrogen (secondary N) is 2. The van der Waals surface area contributed by atoms with E-state index in [4.69, 9.17) is 5.10 Å². The van der Waals surface area contributed by atoms with E-state index in [0.717, 1.165) is 28.9 Å². The average Bonchev–Trinajstić information content (AvgIpc) is 3.16. The number of benzene rings is 1. The number of thiol groups is 1. The van der Waals surface area contributed by atoms with E-state index in [0.29, 0.717) is 17.2 Å². The number of H-pyrrole nitrogens is 1. The molecule has 3 aromatic rings. The molecule has 23 heavy (non-hydrogen) atoms. The Balaban J connectivity index is 1.84. The standard InChI is InChI=1S/C17H18N4OS/c22-17-15-14(8-9-18-17)21(12-5-1-2-6-12)20-16(15)19-11-4-3-7-13(23)10-11/h3-4,7-10,12,23H,1-2,5-6H2,(H,18,22)(H,19,20). The lowest BCUT2D eigenvalue weighted by Crippen LogP contribution is -2.08. The minimum Gasteiger partial charge on any atom is -0.338 e. The molecular weight excluding hydrogens is 308 g/mol. The lowest BCUT2D eigenvalue weighted by molar-refractivity contribution is 0.483. The molecule has 0 unspecified atom stereocenters. The van der Waals surface area contributed by atoms with Gasteiger partial charge in [-0.05, 0) is 37.1 Å². The minimum atomic E-state index is -0.115. The largest absolute Gasteiger partial charge is 0.338 e. The maximum Gasteiger partial charge on any atom is 0.261 e. The summed E-state index contributed by atoms with van der Waals surface area (Å²) in [4.78, 5) is 15.9. The second-order valence-electron chi connectivity index (χ2n) is 5.97. The highest BCUT2D eigenvalue weighted by Crippen LogP contribution is 2.33. The summed E-state index contributed by atoms with van der Waals surface area (Å²) in [6, 6.07) is 10.0. The van der Waals surface area contributed by atoms with Gasteiger partial charge in [-0.1, -0.05) is 18.9 Å². The van der Waals surface area contributed by atoms with Crippen molar-refractivity contribution in [2.75, 3.05) is 5.32 Å². The quantitative estimate of drug-likeness (QED) is 0.640. The number of anilines is 2. The van der Waals surface area contributed by atoms with Crippen LogP contribution in [0.2, 0.25) is 0 Å². The SMILES string of the molecule is O=c1[nH]ccc2c1c(Nc1cccc(S)c1)nn2C1CCCC1. The maximum atomic E-state index is 12.3. The summed E-state index contributed by atoms with van der Waals surface area (Å²) < 4.78 is 2.02. The smallest absolute Gasteiger partial charge is 0.261 e. The number of hydrogen-bond donors (Lipinski definition) is 3. The van der Waals surface area contributed by atoms with E-state index in [9.17, 15) is 4.79 Å². The van der Waals surface area contributed by atoms with Gasteiger partial charge >= 0.3 is 0 Å². The summed E-state index contributed by atoms with van der Waals surface area (Å²) in [5.74, 6) is 0.604. The second kappa shape index (κ2) is 5.77. The molecule has 0 aliphatic heterocycles. The highest BCUT2D eigenvalue weighted by atomic mass is 32.1. The van der Waals surface area contributed by atoms with Crippen molar-refractivity contribution >= 4 is 35.0 Å². The van der Waals surface area contributed by atoms with Crippen LogP contribution >= 0.6 is 12.6 Å². The van der Waals surface area contributed by atoms with Crippen molar-refractivity contribution in [3.63, 3.8) is 0 Å². The molecule has 5 nitrogen and oxygen atoms in total. The zero-order valence-corrected chi connectivity index (χ0v) is 13.5. The van der Waals surface area contributed by atoms with Gasteiger partial charge in [0, 0.05) is 16.8 Å². The molecular formula is C17H18N4OS. The van der Waals surface area contributed by atoms with Crippen LogP contribution in [0.3, 0.4) is 0 Å². The summed E-state index contributed by atoms with van der Waals surface area (Å²) >= 11 is 4.36. The van der Waals surface area contributed by atoms with Crippen molar-refractivity contribution in [1.82, 2.24) is 14.8 Å². The lowest BCUT2D eigenvalue weighted by Gasteiger charge is -2.10. The fourth-order valence-corrected chi connectivity index (χ4v) is 3.56. The van der Waals surface area contributed by atoms with Crippen molar-refractivity contribution in [2.24, 2.45) is 0 Å². The molecule has 118 valence electrons. The number of aromatic amines is 1. The summed E-state index contributed by atoms with van der Waals surface area (Å²) in [5.41, 5.74) is 1.65. The normalized spacial score (nSPS) is 15.3. The van der Waals surface area contributed by atoms with Crippen molar-refractivity contribution in [1.29, 1.82) is 0 Å². The zero-order chi connectivity index (χ0) is 15.8. The maximum absolute atomic E-state index is 12.3. The van der Waals surface area contributed by atoms with Crippen molar-refractivity contribution in [3.05, 3.63) is 46.9 Å². The molecule has 0 amide bonds. The summed E-state index contributed by atoms with van der Waals surface area (Å²) in [6.07, 6.45) is 6.37. The molecule has 2 aromatic heterocycles. The van der Waals surface area contributed by atoms with E-state index in [2.05, 4.69) is 22.9 Å². The molecule has 0 spiro atoms. The van der Waals surface area contributed by atoms with Crippen LogP contribution in [0.15, 0.2) is 46.2 Å². The van der Waals surface area contributed by atoms with Gasteiger partial charge in [-0.2, -0.15) is 5.10 Å². The Morgan fingerprint density at radius 3 is 2.87 bits per heavy atom. The summed E-state index contributed by atoms with van der Waals surface area (Å²) in [6.45, 7) is 0. The third-order valence-electron chi connectivity index (χ3n) is 4.41. The fraction of sp³-hybridized carbons (Fsp3) is 0.294. The van der Waals surface area contributed by atoms with Gasteiger partial charge in [-0.3, -0.25) is 9.48 Å². The van der Waals surface area contributed by atoms with Gasteiger partial charge in [0.25, 0.3) is 5.56 Å². The van der Waals surface area contributed by atoms with Gasteiger partial charge in [0.05, 0.1) is 11.6 Å². The molecule has 1 aliphatic rings. The Kier molecular flexibility index (Phi) is 3.61. The van der Waals surface area contributed by atoms with E-state index >= 15 is 0 Å². The Morgan fingerprint density at radius 1 is 1.26 bits per heavy atom. The first-order valence-electron chi connectivity index (χ1n) is 7.88. The van der Waals surface area contributed by atoms with E-state index in [1.807, 2.05) is 35.0 Å². The van der Waals surface area contributed by atoms with Crippen molar-refractivity contribution < 1.29 is 0 Å². The van der Waals surface area contributed by atoms with Gasteiger partial charge < -0.3 is 10.3 Å². The van der Waals surface area contributed by atoms with Crippen LogP contribution in [0.5, 0.6) is 0 Å². The first kappa shape index (κ1) is 14.4. The van der Waals surface area contributed by atoms with Gasteiger partial charge in [-0.25, -0.2) is 0 Å². The number of pyridine rings is 1. The molecule has 1 fully saturated rings. The summed E-state index contributed by atoms with van der Waals surface area (Å²) in [7, 11) is 0. The number of hydrogen-bond acceptors (Lipinski definition) is 4. The predicted octanol–water partition coefficient (Wildman–Crippen LogP) is 3.87. The van der Waals surface area contributed by atoms with Crippen LogP contribution in [-0.4, -0.2) is 14.8 Å². The van der Waals surface area contributed by atoms with Crippen LogP contribution in [0.25, 0.3) is 10.9 Å². The highest BCUT2D eigenvalue weighted by molar-refractivity contribution is 7.80. The molecule has 0 bridgehead atoms. The van der Waals surface area contributed by atoms with Crippen LogP contribution in [0, 0.1) is 0 Å². The Morgan fingerprint density at radius 2 is 2.09 bits per heavy atom. The molecule has 4 rings (SSSR count). The topological polar surface area (TPSA) is 62.7 Å². The Hall–Kier alpha value is -2.21. The van der Waals surface area contributed by atoms with Crippen molar-refractivity contribution in [2.45, 2.75) is 36.6 Å². The van der Waals surface area contributed by atoms with E-state index in [1.165, 1.54) is 12.8 Å². The third-order valence-corrected chi connectivity index (χ3v) is 4.69. The first-order valence-corrected chi connectivity index (χ1v) is 8.33. The minimum absolute atomic E-state index is 0.115. The molecule has 0 saturated heterocycles. The predicted molar refractivity (Wildman–Crippen MR) is 94.8 cm³/mol. The summed E-state index contributed by atoms with van der Waals surface area (Å²) in [5, 5.41) is 8.60.